The van der Waals surface area contributed by atoms with Crippen LogP contribution in [-0.2, 0) is 16.1 Å². The minimum atomic E-state index is -0.985. The normalized spacial score (nSPS) is 15.5. The molecule has 1 heterocycles. The van der Waals surface area contributed by atoms with Crippen molar-refractivity contribution in [3.8, 4) is 0 Å². The molecule has 21 heavy (non-hydrogen) atoms. The summed E-state index contributed by atoms with van der Waals surface area (Å²) < 4.78 is 0. The highest BCUT2D eigenvalue weighted by molar-refractivity contribution is 6.35. The van der Waals surface area contributed by atoms with Crippen LogP contribution in [0, 0.1) is 0 Å². The number of amides is 2. The third-order valence-corrected chi connectivity index (χ3v) is 3.47. The second-order valence-electron chi connectivity index (χ2n) is 5.02. The van der Waals surface area contributed by atoms with E-state index in [1.54, 1.807) is 17.0 Å². The van der Waals surface area contributed by atoms with Crippen LogP contribution in [0.3, 0.4) is 0 Å². The van der Waals surface area contributed by atoms with E-state index in [1.807, 2.05) is 6.92 Å². The number of hydrogen-bond acceptors (Lipinski definition) is 3. The lowest BCUT2D eigenvalue weighted by molar-refractivity contribution is -0.156. The fraction of sp³-hybridized carbons (Fsp3) is 0.400. The van der Waals surface area contributed by atoms with E-state index in [-0.39, 0.29) is 5.56 Å². The van der Waals surface area contributed by atoms with E-state index >= 15 is 0 Å². The van der Waals surface area contributed by atoms with E-state index in [4.69, 9.17) is 5.11 Å². The number of carbonyl (C=O) groups excluding carboxylic acids is 2. The molecule has 1 aromatic rings. The summed E-state index contributed by atoms with van der Waals surface area (Å²) in [6.07, 6.45) is 0.829. The average molecular weight is 290 g/mol. The molecule has 0 saturated carbocycles. The molecule has 1 aromatic carbocycles. The third-order valence-electron chi connectivity index (χ3n) is 3.47. The standard InChI is InChI=1S/C15H18N2O4/c1-2-7-16-8-9-17(14(19)13(16)18)10-11-3-5-12(6-4-11)15(20)21/h3-6H,2,7-10H2,1H3,(H,20,21). The highest BCUT2D eigenvalue weighted by Gasteiger charge is 2.31. The maximum absolute atomic E-state index is 12.0. The molecule has 1 fully saturated rings. The van der Waals surface area contributed by atoms with Gasteiger partial charge in [0.25, 0.3) is 0 Å². The van der Waals surface area contributed by atoms with Gasteiger partial charge in [0.05, 0.1) is 5.56 Å². The van der Waals surface area contributed by atoms with Gasteiger partial charge in [-0.05, 0) is 24.1 Å². The van der Waals surface area contributed by atoms with Gasteiger partial charge in [-0.1, -0.05) is 19.1 Å². The topological polar surface area (TPSA) is 77.9 Å². The van der Waals surface area contributed by atoms with E-state index in [9.17, 15) is 14.4 Å². The van der Waals surface area contributed by atoms with Crippen molar-refractivity contribution in [3.05, 3.63) is 35.4 Å². The number of carboxylic acid groups (broad SMARTS) is 1. The molecular formula is C15H18N2O4. The third kappa shape index (κ3) is 3.39. The van der Waals surface area contributed by atoms with E-state index in [0.717, 1.165) is 12.0 Å². The number of piperazine rings is 1. The lowest BCUT2D eigenvalue weighted by atomic mass is 10.1. The Labute approximate surface area is 123 Å². The van der Waals surface area contributed by atoms with Crippen molar-refractivity contribution in [1.29, 1.82) is 0 Å². The van der Waals surface area contributed by atoms with Crippen molar-refractivity contribution >= 4 is 17.8 Å². The first-order valence-electron chi connectivity index (χ1n) is 6.93. The highest BCUT2D eigenvalue weighted by atomic mass is 16.4. The van der Waals surface area contributed by atoms with Crippen LogP contribution in [0.1, 0.15) is 29.3 Å². The molecule has 0 spiro atoms. The molecule has 0 bridgehead atoms. The second-order valence-corrected chi connectivity index (χ2v) is 5.02. The maximum Gasteiger partial charge on any atom is 0.335 e. The number of carbonyl (C=O) groups is 3. The molecule has 0 unspecified atom stereocenters. The Hall–Kier alpha value is -2.37. The van der Waals surface area contributed by atoms with Crippen molar-refractivity contribution in [2.75, 3.05) is 19.6 Å². The first kappa shape index (κ1) is 15.0. The van der Waals surface area contributed by atoms with Gasteiger partial charge in [-0.2, -0.15) is 0 Å². The molecule has 0 atom stereocenters. The Kier molecular flexibility index (Phi) is 4.57. The fourth-order valence-corrected chi connectivity index (χ4v) is 2.32. The summed E-state index contributed by atoms with van der Waals surface area (Å²) in [5.41, 5.74) is 1.01. The van der Waals surface area contributed by atoms with Crippen LogP contribution >= 0.6 is 0 Å². The lowest BCUT2D eigenvalue weighted by Crippen LogP contribution is -2.53. The molecule has 2 amide bonds. The van der Waals surface area contributed by atoms with Crippen LogP contribution in [0.25, 0.3) is 0 Å². The quantitative estimate of drug-likeness (QED) is 0.820. The fourth-order valence-electron chi connectivity index (χ4n) is 2.32. The van der Waals surface area contributed by atoms with Crippen LogP contribution in [0.15, 0.2) is 24.3 Å². The predicted molar refractivity (Wildman–Crippen MR) is 75.7 cm³/mol. The molecule has 2 rings (SSSR count). The zero-order chi connectivity index (χ0) is 15.4. The SMILES string of the molecule is CCCN1CCN(Cc2ccc(C(=O)O)cc2)C(=O)C1=O. The van der Waals surface area contributed by atoms with Gasteiger partial charge in [-0.25, -0.2) is 4.79 Å². The summed E-state index contributed by atoms with van der Waals surface area (Å²) in [7, 11) is 0. The Bertz CT molecular complexity index is 553. The molecule has 0 aromatic heterocycles. The maximum atomic E-state index is 12.0. The molecule has 1 aliphatic rings. The molecule has 0 radical (unpaired) electrons. The molecule has 0 aliphatic carbocycles. The van der Waals surface area contributed by atoms with Gasteiger partial charge in [0, 0.05) is 26.2 Å². The summed E-state index contributed by atoms with van der Waals surface area (Å²) in [6, 6.07) is 6.33. The Balaban J connectivity index is 2.02. The lowest BCUT2D eigenvalue weighted by Gasteiger charge is -2.33. The zero-order valence-electron chi connectivity index (χ0n) is 11.9. The van der Waals surface area contributed by atoms with Crippen LogP contribution in [0.5, 0.6) is 0 Å². The van der Waals surface area contributed by atoms with E-state index in [0.29, 0.717) is 26.2 Å². The van der Waals surface area contributed by atoms with Crippen molar-refractivity contribution in [3.63, 3.8) is 0 Å². The number of hydrogen-bond donors (Lipinski definition) is 1. The van der Waals surface area contributed by atoms with Gasteiger partial charge in [0.2, 0.25) is 0 Å². The van der Waals surface area contributed by atoms with Gasteiger partial charge in [0.15, 0.2) is 0 Å². The summed E-state index contributed by atoms with van der Waals surface area (Å²) >= 11 is 0. The molecule has 1 saturated heterocycles. The van der Waals surface area contributed by atoms with Crippen LogP contribution < -0.4 is 0 Å². The average Bonchev–Trinajstić information content (AvgIpc) is 2.47. The van der Waals surface area contributed by atoms with Crippen molar-refractivity contribution in [1.82, 2.24) is 9.80 Å². The van der Waals surface area contributed by atoms with Crippen LogP contribution in [0.4, 0.5) is 0 Å². The summed E-state index contributed by atoms with van der Waals surface area (Å²) in [6.45, 7) is 3.95. The van der Waals surface area contributed by atoms with E-state index in [2.05, 4.69) is 0 Å². The number of nitrogens with zero attached hydrogens (tertiary/aromatic N) is 2. The number of rotatable bonds is 5. The van der Waals surface area contributed by atoms with Gasteiger partial charge in [-0.3, -0.25) is 9.59 Å². The van der Waals surface area contributed by atoms with Gasteiger partial charge >= 0.3 is 17.8 Å². The molecule has 6 nitrogen and oxygen atoms in total. The monoisotopic (exact) mass is 290 g/mol. The first-order valence-corrected chi connectivity index (χ1v) is 6.93. The molecule has 1 aliphatic heterocycles. The Morgan fingerprint density at radius 2 is 1.67 bits per heavy atom. The van der Waals surface area contributed by atoms with Crippen LogP contribution in [-0.4, -0.2) is 52.3 Å². The Morgan fingerprint density at radius 1 is 1.10 bits per heavy atom. The van der Waals surface area contributed by atoms with Crippen LogP contribution in [0.2, 0.25) is 0 Å². The number of aromatic carboxylic acids is 1. The van der Waals surface area contributed by atoms with Gasteiger partial charge in [-0.15, -0.1) is 0 Å². The second kappa shape index (κ2) is 6.39. The summed E-state index contributed by atoms with van der Waals surface area (Å²) in [5, 5.41) is 8.84. The van der Waals surface area contributed by atoms with Gasteiger partial charge < -0.3 is 14.9 Å². The molecule has 112 valence electrons. The van der Waals surface area contributed by atoms with Crippen molar-refractivity contribution in [2.24, 2.45) is 0 Å². The van der Waals surface area contributed by atoms with E-state index in [1.165, 1.54) is 17.0 Å². The summed E-state index contributed by atoms with van der Waals surface area (Å²) in [5.74, 6) is -1.93. The predicted octanol–water partition coefficient (Wildman–Crippen LogP) is 0.966. The minimum absolute atomic E-state index is 0.203. The molecular weight excluding hydrogens is 272 g/mol. The first-order chi connectivity index (χ1) is 10.0. The van der Waals surface area contributed by atoms with Gasteiger partial charge in [0.1, 0.15) is 0 Å². The van der Waals surface area contributed by atoms with Crippen molar-refractivity contribution in [2.45, 2.75) is 19.9 Å². The number of carboxylic acids is 1. The van der Waals surface area contributed by atoms with Crippen molar-refractivity contribution < 1.29 is 19.5 Å². The minimum Gasteiger partial charge on any atom is -0.478 e. The largest absolute Gasteiger partial charge is 0.478 e. The molecule has 6 heteroatoms. The summed E-state index contributed by atoms with van der Waals surface area (Å²) in [4.78, 5) is 37.8. The highest BCUT2D eigenvalue weighted by Crippen LogP contribution is 2.12. The molecule has 1 N–H and O–H groups in total. The zero-order valence-corrected chi connectivity index (χ0v) is 11.9. The number of benzene rings is 1. The van der Waals surface area contributed by atoms with E-state index < -0.39 is 17.8 Å². The smallest absolute Gasteiger partial charge is 0.335 e. The Morgan fingerprint density at radius 3 is 2.24 bits per heavy atom.